The summed E-state index contributed by atoms with van der Waals surface area (Å²) in [6.45, 7) is 3.03. The molecular formula is C16H22ClIN4OS. The lowest BCUT2D eigenvalue weighted by Gasteiger charge is -2.22. The van der Waals surface area contributed by atoms with Crippen LogP contribution in [0.5, 0.6) is 0 Å². The molecular weight excluding hydrogens is 459 g/mol. The monoisotopic (exact) mass is 480 g/mol. The van der Waals surface area contributed by atoms with Crippen LogP contribution in [-0.4, -0.2) is 41.6 Å². The molecule has 0 aliphatic heterocycles. The van der Waals surface area contributed by atoms with Gasteiger partial charge in [-0.05, 0) is 24.6 Å². The van der Waals surface area contributed by atoms with Crippen LogP contribution in [0.15, 0.2) is 34.6 Å². The van der Waals surface area contributed by atoms with Gasteiger partial charge < -0.3 is 15.3 Å². The first-order valence-corrected chi connectivity index (χ1v) is 8.51. The molecule has 0 radical (unpaired) electrons. The maximum Gasteiger partial charge on any atom is 0.193 e. The molecule has 1 unspecified atom stereocenters. The number of nitrogens with one attached hydrogen (secondary N) is 1. The number of rotatable bonds is 5. The maximum absolute atomic E-state index is 10.2. The Morgan fingerprint density at radius 1 is 1.42 bits per heavy atom. The quantitative estimate of drug-likeness (QED) is 0.391. The first-order valence-electron chi connectivity index (χ1n) is 7.26. The molecule has 2 rings (SSSR count). The summed E-state index contributed by atoms with van der Waals surface area (Å²) >= 11 is 7.49. The Hall–Kier alpha value is -0.900. The van der Waals surface area contributed by atoms with E-state index >= 15 is 0 Å². The minimum Gasteiger partial charge on any atom is -0.387 e. The van der Waals surface area contributed by atoms with Crippen LogP contribution in [0.25, 0.3) is 0 Å². The van der Waals surface area contributed by atoms with Crippen molar-refractivity contribution in [3.63, 3.8) is 0 Å². The predicted molar refractivity (Wildman–Crippen MR) is 112 cm³/mol. The number of thiazole rings is 1. The molecule has 1 aromatic carbocycles. The molecule has 2 aromatic rings. The van der Waals surface area contributed by atoms with E-state index in [0.717, 1.165) is 16.3 Å². The summed E-state index contributed by atoms with van der Waals surface area (Å²) in [6, 6.07) is 7.18. The van der Waals surface area contributed by atoms with E-state index in [4.69, 9.17) is 11.6 Å². The van der Waals surface area contributed by atoms with Crippen molar-refractivity contribution in [3.05, 3.63) is 50.9 Å². The van der Waals surface area contributed by atoms with Crippen LogP contribution in [0.3, 0.4) is 0 Å². The summed E-state index contributed by atoms with van der Waals surface area (Å²) in [5.74, 6) is 0.712. The molecule has 24 heavy (non-hydrogen) atoms. The van der Waals surface area contributed by atoms with Crippen molar-refractivity contribution in [1.29, 1.82) is 0 Å². The summed E-state index contributed by atoms with van der Waals surface area (Å²) in [5, 5.41) is 17.2. The van der Waals surface area contributed by atoms with Gasteiger partial charge in [0.05, 0.1) is 23.4 Å². The first kappa shape index (κ1) is 21.1. The summed E-state index contributed by atoms with van der Waals surface area (Å²) in [4.78, 5) is 10.7. The number of halogens is 2. The van der Waals surface area contributed by atoms with Crippen LogP contribution in [-0.2, 0) is 6.54 Å². The van der Waals surface area contributed by atoms with Gasteiger partial charge in [-0.2, -0.15) is 0 Å². The Kier molecular flexibility index (Phi) is 8.96. The lowest BCUT2D eigenvalue weighted by Crippen LogP contribution is -2.40. The van der Waals surface area contributed by atoms with Crippen molar-refractivity contribution in [3.8, 4) is 0 Å². The van der Waals surface area contributed by atoms with E-state index in [-0.39, 0.29) is 24.0 Å². The molecule has 0 aliphatic rings. The van der Waals surface area contributed by atoms with Crippen LogP contribution in [0, 0.1) is 6.92 Å². The van der Waals surface area contributed by atoms with E-state index in [1.54, 1.807) is 30.5 Å². The summed E-state index contributed by atoms with van der Waals surface area (Å²) in [7, 11) is 3.67. The van der Waals surface area contributed by atoms with Gasteiger partial charge in [0.15, 0.2) is 5.96 Å². The number of aryl methyl sites for hydroxylation is 1. The van der Waals surface area contributed by atoms with Gasteiger partial charge in [0, 0.05) is 31.0 Å². The highest BCUT2D eigenvalue weighted by molar-refractivity contribution is 14.0. The van der Waals surface area contributed by atoms with Crippen LogP contribution in [0.4, 0.5) is 0 Å². The highest BCUT2D eigenvalue weighted by Crippen LogP contribution is 2.16. The molecule has 1 atom stereocenters. The first-order chi connectivity index (χ1) is 11.0. The molecule has 1 heterocycles. The third-order valence-electron chi connectivity index (χ3n) is 3.35. The van der Waals surface area contributed by atoms with Gasteiger partial charge in [-0.15, -0.1) is 35.3 Å². The number of benzene rings is 1. The van der Waals surface area contributed by atoms with E-state index in [2.05, 4.69) is 15.3 Å². The van der Waals surface area contributed by atoms with Crippen LogP contribution < -0.4 is 5.32 Å². The summed E-state index contributed by atoms with van der Waals surface area (Å²) in [6.07, 6.45) is -0.626. The van der Waals surface area contributed by atoms with Gasteiger partial charge in [0.2, 0.25) is 0 Å². The second kappa shape index (κ2) is 10.2. The number of hydrogen-bond donors (Lipinski definition) is 2. The molecule has 5 nitrogen and oxygen atoms in total. The van der Waals surface area contributed by atoms with E-state index in [9.17, 15) is 5.11 Å². The Morgan fingerprint density at radius 2 is 2.08 bits per heavy atom. The minimum atomic E-state index is -0.626. The highest BCUT2D eigenvalue weighted by Gasteiger charge is 2.12. The van der Waals surface area contributed by atoms with E-state index in [1.807, 2.05) is 36.4 Å². The van der Waals surface area contributed by atoms with E-state index in [0.29, 0.717) is 24.1 Å². The minimum absolute atomic E-state index is 0. The Morgan fingerprint density at radius 3 is 2.62 bits per heavy atom. The van der Waals surface area contributed by atoms with Crippen LogP contribution >= 0.6 is 46.9 Å². The normalized spacial score (nSPS) is 12.5. The maximum atomic E-state index is 10.2. The lowest BCUT2D eigenvalue weighted by atomic mass is 10.1. The predicted octanol–water partition coefficient (Wildman–Crippen LogP) is 3.46. The van der Waals surface area contributed by atoms with Crippen LogP contribution in [0.1, 0.15) is 22.4 Å². The molecule has 132 valence electrons. The van der Waals surface area contributed by atoms with Crippen LogP contribution in [0.2, 0.25) is 5.02 Å². The van der Waals surface area contributed by atoms with Gasteiger partial charge in [-0.3, -0.25) is 4.99 Å². The van der Waals surface area contributed by atoms with Crippen molar-refractivity contribution >= 4 is 52.9 Å². The smallest absolute Gasteiger partial charge is 0.193 e. The Labute approximate surface area is 168 Å². The molecule has 0 bridgehead atoms. The lowest BCUT2D eigenvalue weighted by molar-refractivity contribution is 0.179. The van der Waals surface area contributed by atoms with Gasteiger partial charge >= 0.3 is 0 Å². The Balaban J connectivity index is 0.00000288. The fourth-order valence-electron chi connectivity index (χ4n) is 2.17. The molecule has 2 N–H and O–H groups in total. The van der Waals surface area contributed by atoms with E-state index in [1.165, 1.54) is 0 Å². The number of nitrogens with zero attached hydrogens (tertiary/aromatic N) is 3. The third kappa shape index (κ3) is 6.19. The zero-order valence-corrected chi connectivity index (χ0v) is 17.8. The molecule has 0 spiro atoms. The average molecular weight is 481 g/mol. The van der Waals surface area contributed by atoms with Crippen molar-refractivity contribution in [2.24, 2.45) is 4.99 Å². The topological polar surface area (TPSA) is 60.8 Å². The summed E-state index contributed by atoms with van der Waals surface area (Å²) in [5.41, 5.74) is 1.83. The molecule has 8 heteroatoms. The zero-order chi connectivity index (χ0) is 16.8. The van der Waals surface area contributed by atoms with Crippen molar-refractivity contribution in [2.45, 2.75) is 19.6 Å². The fourth-order valence-corrected chi connectivity index (χ4v) is 2.90. The average Bonchev–Trinajstić information content (AvgIpc) is 2.93. The molecule has 1 aromatic heterocycles. The molecule has 0 amide bonds. The number of guanidine groups is 1. The van der Waals surface area contributed by atoms with Crippen molar-refractivity contribution < 1.29 is 5.11 Å². The van der Waals surface area contributed by atoms with Gasteiger partial charge in [0.1, 0.15) is 0 Å². The van der Waals surface area contributed by atoms with Crippen molar-refractivity contribution in [1.82, 2.24) is 15.2 Å². The van der Waals surface area contributed by atoms with Gasteiger partial charge in [-0.25, -0.2) is 4.98 Å². The SMILES string of the molecule is CN=C(NCC(O)c1ccc(Cl)cc1)N(C)Cc1csc(C)n1.I. The molecule has 0 saturated carbocycles. The summed E-state index contributed by atoms with van der Waals surface area (Å²) < 4.78 is 0. The van der Waals surface area contributed by atoms with Gasteiger partial charge in [-0.1, -0.05) is 23.7 Å². The van der Waals surface area contributed by atoms with Crippen molar-refractivity contribution in [2.75, 3.05) is 20.6 Å². The zero-order valence-electron chi connectivity index (χ0n) is 13.9. The Bertz CT molecular complexity index is 662. The molecule has 0 fully saturated rings. The molecule has 0 saturated heterocycles. The second-order valence-corrected chi connectivity index (χ2v) is 6.71. The highest BCUT2D eigenvalue weighted by atomic mass is 127. The number of aliphatic imine (C=N–C) groups is 1. The third-order valence-corrected chi connectivity index (χ3v) is 4.42. The number of aliphatic hydroxyl groups excluding tert-OH is 1. The number of aromatic nitrogens is 1. The standard InChI is InChI=1S/C16H21ClN4OS.HI/c1-11-20-14(10-23-11)9-21(3)16(18-2)19-8-15(22)12-4-6-13(17)7-5-12;/h4-7,10,15,22H,8-9H2,1-3H3,(H,18,19);1H. The van der Waals surface area contributed by atoms with E-state index < -0.39 is 6.10 Å². The number of aliphatic hydroxyl groups is 1. The molecule has 0 aliphatic carbocycles. The fraction of sp³-hybridized carbons (Fsp3) is 0.375. The second-order valence-electron chi connectivity index (χ2n) is 5.21. The largest absolute Gasteiger partial charge is 0.387 e. The number of hydrogen-bond acceptors (Lipinski definition) is 4. The van der Waals surface area contributed by atoms with Gasteiger partial charge in [0.25, 0.3) is 0 Å².